The van der Waals surface area contributed by atoms with E-state index in [-0.39, 0.29) is 0 Å². The fourth-order valence-corrected chi connectivity index (χ4v) is 3.14. The molecule has 2 rings (SSSR count). The minimum atomic E-state index is 0.438. The van der Waals surface area contributed by atoms with Crippen LogP contribution in [0.15, 0.2) is 18.2 Å². The number of hydrogen-bond acceptors (Lipinski definition) is 3. The fourth-order valence-electron chi connectivity index (χ4n) is 3.14. The van der Waals surface area contributed by atoms with Crippen molar-refractivity contribution in [1.29, 1.82) is 0 Å². The molecular weight excluding hydrogens is 248 g/mol. The molecule has 0 saturated carbocycles. The quantitative estimate of drug-likeness (QED) is 0.892. The largest absolute Gasteiger partial charge is 0.508 e. The smallest absolute Gasteiger partial charge is 0.122 e. The molecule has 0 unspecified atom stereocenters. The van der Waals surface area contributed by atoms with E-state index in [0.717, 1.165) is 49.9 Å². The number of aromatic hydroxyl groups is 1. The monoisotopic (exact) mass is 276 g/mol. The topological polar surface area (TPSA) is 26.7 Å². The van der Waals surface area contributed by atoms with Crippen LogP contribution in [0.3, 0.4) is 0 Å². The van der Waals surface area contributed by atoms with E-state index in [4.69, 9.17) is 0 Å². The summed E-state index contributed by atoms with van der Waals surface area (Å²) in [6.07, 6.45) is 2.61. The molecule has 1 heterocycles. The highest BCUT2D eigenvalue weighted by Gasteiger charge is 2.17. The number of phenols is 1. The Labute approximate surface area is 123 Å². The second-order valence-corrected chi connectivity index (χ2v) is 5.97. The van der Waals surface area contributed by atoms with Crippen LogP contribution in [0.2, 0.25) is 0 Å². The Kier molecular flexibility index (Phi) is 5.30. The third-order valence-electron chi connectivity index (χ3n) is 4.33. The van der Waals surface area contributed by atoms with Gasteiger partial charge in [0, 0.05) is 43.5 Å². The van der Waals surface area contributed by atoms with Crippen molar-refractivity contribution in [1.82, 2.24) is 4.90 Å². The summed E-state index contributed by atoms with van der Waals surface area (Å²) in [6, 6.07) is 6.13. The van der Waals surface area contributed by atoms with Crippen molar-refractivity contribution in [3.8, 4) is 5.75 Å². The third kappa shape index (κ3) is 3.66. The lowest BCUT2D eigenvalue weighted by molar-refractivity contribution is 0.175. The van der Waals surface area contributed by atoms with Gasteiger partial charge in [0.25, 0.3) is 0 Å². The van der Waals surface area contributed by atoms with Crippen LogP contribution >= 0.6 is 0 Å². The van der Waals surface area contributed by atoms with Gasteiger partial charge in [-0.3, -0.25) is 4.90 Å². The van der Waals surface area contributed by atoms with Crippen LogP contribution in [0.1, 0.15) is 39.2 Å². The van der Waals surface area contributed by atoms with Crippen LogP contribution in [0.5, 0.6) is 5.75 Å². The number of piperidine rings is 1. The molecule has 0 bridgehead atoms. The van der Waals surface area contributed by atoms with Crippen LogP contribution in [0.4, 0.5) is 5.69 Å². The molecule has 3 heteroatoms. The normalized spacial score (nSPS) is 20.1. The van der Waals surface area contributed by atoms with Crippen LogP contribution in [-0.4, -0.2) is 36.2 Å². The molecule has 0 amide bonds. The molecular formula is C17H28N2O. The van der Waals surface area contributed by atoms with Gasteiger partial charge in [-0.25, -0.2) is 0 Å². The van der Waals surface area contributed by atoms with Crippen molar-refractivity contribution < 1.29 is 5.11 Å². The number of likely N-dealkylation sites (tertiary alicyclic amines) is 1. The zero-order valence-corrected chi connectivity index (χ0v) is 13.1. The lowest BCUT2D eigenvalue weighted by Gasteiger charge is -2.31. The Morgan fingerprint density at radius 3 is 2.65 bits per heavy atom. The van der Waals surface area contributed by atoms with Gasteiger partial charge in [-0.1, -0.05) is 13.0 Å². The minimum Gasteiger partial charge on any atom is -0.508 e. The van der Waals surface area contributed by atoms with Crippen molar-refractivity contribution in [3.63, 3.8) is 0 Å². The van der Waals surface area contributed by atoms with Crippen molar-refractivity contribution >= 4 is 5.69 Å². The van der Waals surface area contributed by atoms with E-state index in [2.05, 4.69) is 42.7 Å². The van der Waals surface area contributed by atoms with E-state index >= 15 is 0 Å². The Balaban J connectivity index is 2.05. The zero-order chi connectivity index (χ0) is 14.5. The van der Waals surface area contributed by atoms with Gasteiger partial charge < -0.3 is 10.0 Å². The van der Waals surface area contributed by atoms with Gasteiger partial charge in [0.2, 0.25) is 0 Å². The van der Waals surface area contributed by atoms with Crippen molar-refractivity contribution in [2.75, 3.05) is 31.1 Å². The maximum absolute atomic E-state index is 10.3. The first kappa shape index (κ1) is 15.2. The van der Waals surface area contributed by atoms with Gasteiger partial charge in [0.05, 0.1) is 0 Å². The molecule has 0 radical (unpaired) electrons. The summed E-state index contributed by atoms with van der Waals surface area (Å²) >= 11 is 0. The van der Waals surface area contributed by atoms with Gasteiger partial charge in [0.1, 0.15) is 5.75 Å². The van der Waals surface area contributed by atoms with Crippen molar-refractivity contribution in [3.05, 3.63) is 23.8 Å². The Morgan fingerprint density at radius 2 is 2.05 bits per heavy atom. The van der Waals surface area contributed by atoms with E-state index in [1.807, 2.05) is 6.07 Å². The molecule has 1 atom stereocenters. The van der Waals surface area contributed by atoms with Gasteiger partial charge in [-0.15, -0.1) is 0 Å². The summed E-state index contributed by atoms with van der Waals surface area (Å²) in [5, 5.41) is 10.3. The minimum absolute atomic E-state index is 0.438. The average molecular weight is 276 g/mol. The van der Waals surface area contributed by atoms with Gasteiger partial charge >= 0.3 is 0 Å². The number of benzene rings is 1. The van der Waals surface area contributed by atoms with Crippen LogP contribution < -0.4 is 4.90 Å². The third-order valence-corrected chi connectivity index (χ3v) is 4.33. The standard InChI is InChI=1S/C17H28N2O/c1-4-19(5-2)16-9-8-15(17(20)11-16)13-18-10-6-7-14(3)12-18/h8-9,11,14,20H,4-7,10,12-13H2,1-3H3/t14-/m1/s1. The van der Waals surface area contributed by atoms with E-state index < -0.39 is 0 Å². The van der Waals surface area contributed by atoms with Crippen molar-refractivity contribution in [2.45, 2.75) is 40.2 Å². The summed E-state index contributed by atoms with van der Waals surface area (Å²) in [5.41, 5.74) is 2.17. The summed E-state index contributed by atoms with van der Waals surface area (Å²) < 4.78 is 0. The number of anilines is 1. The molecule has 1 aliphatic heterocycles. The van der Waals surface area contributed by atoms with Crippen LogP contribution in [0.25, 0.3) is 0 Å². The highest BCUT2D eigenvalue weighted by Crippen LogP contribution is 2.27. The second-order valence-electron chi connectivity index (χ2n) is 5.97. The van der Waals surface area contributed by atoms with Gasteiger partial charge in [0.15, 0.2) is 0 Å². The lowest BCUT2D eigenvalue weighted by atomic mass is 9.99. The second kappa shape index (κ2) is 6.98. The summed E-state index contributed by atoms with van der Waals surface area (Å²) in [6.45, 7) is 11.7. The molecule has 112 valence electrons. The SMILES string of the molecule is CCN(CC)c1ccc(CN2CCC[C@@H](C)C2)c(O)c1. The van der Waals surface area contributed by atoms with Gasteiger partial charge in [-0.2, -0.15) is 0 Å². The summed E-state index contributed by atoms with van der Waals surface area (Å²) in [4.78, 5) is 4.72. The van der Waals surface area contributed by atoms with Crippen molar-refractivity contribution in [2.24, 2.45) is 5.92 Å². The van der Waals surface area contributed by atoms with E-state index in [1.165, 1.54) is 12.8 Å². The Bertz CT molecular complexity index is 429. The zero-order valence-electron chi connectivity index (χ0n) is 13.1. The molecule has 0 spiro atoms. The highest BCUT2D eigenvalue weighted by atomic mass is 16.3. The molecule has 0 aliphatic carbocycles. The first-order valence-corrected chi connectivity index (χ1v) is 7.93. The molecule has 3 nitrogen and oxygen atoms in total. The molecule has 1 aromatic rings. The fraction of sp³-hybridized carbons (Fsp3) is 0.647. The molecule has 1 aliphatic rings. The van der Waals surface area contributed by atoms with E-state index in [1.54, 1.807) is 0 Å². The van der Waals surface area contributed by atoms with E-state index in [9.17, 15) is 5.11 Å². The predicted octanol–water partition coefficient (Wildman–Crippen LogP) is 3.47. The van der Waals surface area contributed by atoms with E-state index in [0.29, 0.717) is 5.75 Å². The first-order chi connectivity index (χ1) is 9.63. The average Bonchev–Trinajstić information content (AvgIpc) is 2.43. The molecule has 1 N–H and O–H groups in total. The molecule has 1 fully saturated rings. The molecule has 20 heavy (non-hydrogen) atoms. The van der Waals surface area contributed by atoms with Crippen LogP contribution in [0, 0.1) is 5.92 Å². The van der Waals surface area contributed by atoms with Gasteiger partial charge in [-0.05, 0) is 45.2 Å². The number of phenolic OH excluding ortho intramolecular Hbond substituents is 1. The summed E-state index contributed by atoms with van der Waals surface area (Å²) in [7, 11) is 0. The molecule has 1 aromatic carbocycles. The van der Waals surface area contributed by atoms with Crippen LogP contribution in [-0.2, 0) is 6.54 Å². The lowest BCUT2D eigenvalue weighted by Crippen LogP contribution is -2.33. The Morgan fingerprint density at radius 1 is 1.30 bits per heavy atom. The number of rotatable bonds is 5. The maximum Gasteiger partial charge on any atom is 0.122 e. The highest BCUT2D eigenvalue weighted by molar-refractivity contribution is 5.53. The summed E-state index contributed by atoms with van der Waals surface area (Å²) in [5.74, 6) is 1.22. The molecule has 0 aromatic heterocycles. The Hall–Kier alpha value is -1.22. The maximum atomic E-state index is 10.3. The molecule has 1 saturated heterocycles. The first-order valence-electron chi connectivity index (χ1n) is 7.93. The predicted molar refractivity (Wildman–Crippen MR) is 85.3 cm³/mol. The number of nitrogens with zero attached hydrogens (tertiary/aromatic N) is 2. The number of hydrogen-bond donors (Lipinski definition) is 1.